The standard InChI is InChI=1S/C11H11ClN2O4S/c1-7-11(16)13-10(15)6-14(7)19(17,18)9-5-3-2-4-8(9)12/h2-5,7H,6H2,1H3,(H,13,15,16). The van der Waals surface area contributed by atoms with Crippen LogP contribution < -0.4 is 5.32 Å². The minimum Gasteiger partial charge on any atom is -0.294 e. The summed E-state index contributed by atoms with van der Waals surface area (Å²) in [5.41, 5.74) is 0. The van der Waals surface area contributed by atoms with Crippen molar-refractivity contribution >= 4 is 33.4 Å². The Kier molecular flexibility index (Phi) is 3.62. The molecule has 0 spiro atoms. The van der Waals surface area contributed by atoms with Crippen molar-refractivity contribution in [1.29, 1.82) is 0 Å². The monoisotopic (exact) mass is 302 g/mol. The van der Waals surface area contributed by atoms with Crippen LogP contribution in [0.25, 0.3) is 0 Å². The zero-order valence-corrected chi connectivity index (χ0v) is 11.5. The van der Waals surface area contributed by atoms with Gasteiger partial charge in [0.1, 0.15) is 10.9 Å². The minimum absolute atomic E-state index is 0.0492. The van der Waals surface area contributed by atoms with E-state index in [1.165, 1.54) is 25.1 Å². The van der Waals surface area contributed by atoms with E-state index in [4.69, 9.17) is 11.6 Å². The molecule has 0 saturated carbocycles. The Morgan fingerprint density at radius 3 is 2.58 bits per heavy atom. The second-order valence-corrected chi connectivity index (χ2v) is 6.34. The highest BCUT2D eigenvalue weighted by atomic mass is 35.5. The van der Waals surface area contributed by atoms with Crippen molar-refractivity contribution in [3.8, 4) is 0 Å². The molecule has 0 bridgehead atoms. The van der Waals surface area contributed by atoms with E-state index in [-0.39, 0.29) is 9.92 Å². The van der Waals surface area contributed by atoms with Gasteiger partial charge in [-0.05, 0) is 19.1 Å². The number of nitrogens with one attached hydrogen (secondary N) is 1. The lowest BCUT2D eigenvalue weighted by atomic mass is 10.2. The zero-order valence-electron chi connectivity index (χ0n) is 9.96. The van der Waals surface area contributed by atoms with Gasteiger partial charge in [0.2, 0.25) is 21.8 Å². The summed E-state index contributed by atoms with van der Waals surface area (Å²) in [4.78, 5) is 22.7. The van der Waals surface area contributed by atoms with Gasteiger partial charge in [-0.25, -0.2) is 8.42 Å². The maximum Gasteiger partial charge on any atom is 0.245 e. The second-order valence-electron chi connectivity index (χ2n) is 4.07. The molecule has 102 valence electrons. The molecule has 0 aliphatic carbocycles. The first-order valence-electron chi connectivity index (χ1n) is 5.44. The molecule has 1 atom stereocenters. The molecule has 1 aliphatic rings. The molecule has 1 unspecified atom stereocenters. The topological polar surface area (TPSA) is 83.6 Å². The Bertz CT molecular complexity index is 644. The van der Waals surface area contributed by atoms with Crippen molar-refractivity contribution in [3.05, 3.63) is 29.3 Å². The Morgan fingerprint density at radius 2 is 1.95 bits per heavy atom. The minimum atomic E-state index is -3.99. The summed E-state index contributed by atoms with van der Waals surface area (Å²) in [5.74, 6) is -1.30. The lowest BCUT2D eigenvalue weighted by Gasteiger charge is -2.30. The summed E-state index contributed by atoms with van der Waals surface area (Å²) in [7, 11) is -3.99. The second kappa shape index (κ2) is 4.92. The van der Waals surface area contributed by atoms with Crippen LogP contribution >= 0.6 is 11.6 Å². The van der Waals surface area contributed by atoms with Crippen LogP contribution in [0.1, 0.15) is 6.92 Å². The predicted octanol–water partition coefficient (Wildman–Crippen LogP) is 0.376. The first-order chi connectivity index (χ1) is 8.84. The van der Waals surface area contributed by atoms with E-state index in [0.29, 0.717) is 0 Å². The molecule has 0 radical (unpaired) electrons. The van der Waals surface area contributed by atoms with E-state index in [1.54, 1.807) is 6.07 Å². The highest BCUT2D eigenvalue weighted by molar-refractivity contribution is 7.89. The molecule has 1 aromatic carbocycles. The van der Waals surface area contributed by atoms with E-state index < -0.39 is 34.4 Å². The van der Waals surface area contributed by atoms with E-state index in [1.807, 2.05) is 0 Å². The van der Waals surface area contributed by atoms with Gasteiger partial charge >= 0.3 is 0 Å². The van der Waals surface area contributed by atoms with Crippen LogP contribution in [0.15, 0.2) is 29.2 Å². The third kappa shape index (κ3) is 2.49. The largest absolute Gasteiger partial charge is 0.294 e. The molecular formula is C11H11ClN2O4S. The van der Waals surface area contributed by atoms with Gasteiger partial charge in [0.05, 0.1) is 11.6 Å². The Balaban J connectivity index is 2.47. The van der Waals surface area contributed by atoms with Crippen LogP contribution in [0.4, 0.5) is 0 Å². The van der Waals surface area contributed by atoms with E-state index in [0.717, 1.165) is 4.31 Å². The molecule has 8 heteroatoms. The molecule has 1 heterocycles. The van der Waals surface area contributed by atoms with Crippen molar-refractivity contribution in [2.45, 2.75) is 17.9 Å². The number of sulfonamides is 1. The average molecular weight is 303 g/mol. The van der Waals surface area contributed by atoms with Crippen LogP contribution in [-0.2, 0) is 19.6 Å². The number of nitrogens with zero attached hydrogens (tertiary/aromatic N) is 1. The van der Waals surface area contributed by atoms with Crippen molar-refractivity contribution in [3.63, 3.8) is 0 Å². The molecule has 19 heavy (non-hydrogen) atoms. The summed E-state index contributed by atoms with van der Waals surface area (Å²) in [5, 5.41) is 2.13. The highest BCUT2D eigenvalue weighted by Gasteiger charge is 2.39. The van der Waals surface area contributed by atoms with Gasteiger partial charge in [0, 0.05) is 0 Å². The molecule has 1 N–H and O–H groups in total. The van der Waals surface area contributed by atoms with Gasteiger partial charge < -0.3 is 0 Å². The van der Waals surface area contributed by atoms with Crippen molar-refractivity contribution in [2.24, 2.45) is 0 Å². The molecule has 1 saturated heterocycles. The van der Waals surface area contributed by atoms with Crippen LogP contribution in [0, 0.1) is 0 Å². The van der Waals surface area contributed by atoms with Crippen LogP contribution in [0.5, 0.6) is 0 Å². The molecule has 6 nitrogen and oxygen atoms in total. The lowest BCUT2D eigenvalue weighted by Crippen LogP contribution is -2.58. The number of carbonyl (C=O) groups is 2. The number of rotatable bonds is 2. The van der Waals surface area contributed by atoms with Crippen LogP contribution in [0.2, 0.25) is 5.02 Å². The predicted molar refractivity (Wildman–Crippen MR) is 68.0 cm³/mol. The maximum absolute atomic E-state index is 12.4. The number of piperazine rings is 1. The van der Waals surface area contributed by atoms with E-state index in [9.17, 15) is 18.0 Å². The first kappa shape index (κ1) is 14.0. The number of carbonyl (C=O) groups excluding carboxylic acids is 2. The number of benzene rings is 1. The Labute approximate surface area is 115 Å². The van der Waals surface area contributed by atoms with Gasteiger partial charge in [-0.3, -0.25) is 14.9 Å². The smallest absolute Gasteiger partial charge is 0.245 e. The zero-order chi connectivity index (χ0) is 14.2. The van der Waals surface area contributed by atoms with E-state index in [2.05, 4.69) is 5.32 Å². The number of hydrogen-bond donors (Lipinski definition) is 1. The fourth-order valence-corrected chi connectivity index (χ4v) is 3.81. The van der Waals surface area contributed by atoms with Crippen molar-refractivity contribution in [2.75, 3.05) is 6.54 Å². The van der Waals surface area contributed by atoms with Crippen LogP contribution in [0.3, 0.4) is 0 Å². The lowest BCUT2D eigenvalue weighted by molar-refractivity contribution is -0.136. The van der Waals surface area contributed by atoms with Gasteiger partial charge in [-0.1, -0.05) is 23.7 Å². The van der Waals surface area contributed by atoms with Crippen LogP contribution in [-0.4, -0.2) is 37.1 Å². The summed E-state index contributed by atoms with van der Waals surface area (Å²) >= 11 is 5.86. The Morgan fingerprint density at radius 1 is 1.32 bits per heavy atom. The fourth-order valence-electron chi connectivity index (χ4n) is 1.76. The van der Waals surface area contributed by atoms with Gasteiger partial charge in [-0.2, -0.15) is 4.31 Å². The molecule has 0 aromatic heterocycles. The summed E-state index contributed by atoms with van der Waals surface area (Å²) in [6.07, 6.45) is 0. The molecule has 1 aromatic rings. The third-order valence-electron chi connectivity index (χ3n) is 2.80. The molecule has 2 amide bonds. The van der Waals surface area contributed by atoms with Crippen molar-refractivity contribution < 1.29 is 18.0 Å². The van der Waals surface area contributed by atoms with Gasteiger partial charge in [0.25, 0.3) is 0 Å². The number of amides is 2. The number of halogens is 1. The quantitative estimate of drug-likeness (QED) is 0.800. The van der Waals surface area contributed by atoms with E-state index >= 15 is 0 Å². The highest BCUT2D eigenvalue weighted by Crippen LogP contribution is 2.26. The Hall–Kier alpha value is -1.44. The number of hydrogen-bond acceptors (Lipinski definition) is 4. The maximum atomic E-state index is 12.4. The fraction of sp³-hybridized carbons (Fsp3) is 0.273. The van der Waals surface area contributed by atoms with Gasteiger partial charge in [-0.15, -0.1) is 0 Å². The van der Waals surface area contributed by atoms with Gasteiger partial charge in [0.15, 0.2) is 0 Å². The molecule has 1 aliphatic heterocycles. The molecular weight excluding hydrogens is 292 g/mol. The normalized spacial score (nSPS) is 21.3. The average Bonchev–Trinajstić information content (AvgIpc) is 2.34. The summed E-state index contributed by atoms with van der Waals surface area (Å²) < 4.78 is 25.7. The summed E-state index contributed by atoms with van der Waals surface area (Å²) in [6, 6.07) is 4.93. The number of imide groups is 1. The summed E-state index contributed by atoms with van der Waals surface area (Å²) in [6.45, 7) is 1.01. The van der Waals surface area contributed by atoms with Crippen molar-refractivity contribution in [1.82, 2.24) is 9.62 Å². The third-order valence-corrected chi connectivity index (χ3v) is 5.21. The molecule has 2 rings (SSSR count). The SMILES string of the molecule is CC1C(=O)NC(=O)CN1S(=O)(=O)c1ccccc1Cl. The molecule has 1 fully saturated rings. The first-order valence-corrected chi connectivity index (χ1v) is 7.26.